The zero-order valence-electron chi connectivity index (χ0n) is 9.92. The van der Waals surface area contributed by atoms with Gasteiger partial charge in [-0.3, -0.25) is 9.59 Å². The first-order valence-corrected chi connectivity index (χ1v) is 6.85. The Kier molecular flexibility index (Phi) is 9.66. The molecule has 1 unspecified atom stereocenters. The summed E-state index contributed by atoms with van der Waals surface area (Å²) in [7, 11) is 1.35. The molecule has 0 aliphatic heterocycles. The van der Waals surface area contributed by atoms with Gasteiger partial charge in [0.1, 0.15) is 3.92 Å². The van der Waals surface area contributed by atoms with Crippen molar-refractivity contribution >= 4 is 34.5 Å². The fraction of sp³-hybridized carbons (Fsp3) is 0.818. The highest BCUT2D eigenvalue weighted by Crippen LogP contribution is 2.03. The molecule has 0 saturated heterocycles. The van der Waals surface area contributed by atoms with Crippen molar-refractivity contribution in [2.75, 3.05) is 13.7 Å². The van der Waals surface area contributed by atoms with Crippen LogP contribution in [0.4, 0.5) is 0 Å². The summed E-state index contributed by atoms with van der Waals surface area (Å²) in [5.74, 6) is -0.284. The first-order chi connectivity index (χ1) is 7.61. The molecule has 0 fully saturated rings. The zero-order chi connectivity index (χ0) is 12.4. The molecule has 1 atom stereocenters. The summed E-state index contributed by atoms with van der Waals surface area (Å²) < 4.78 is 4.26. The number of nitrogens with one attached hydrogen (secondary N) is 1. The molecule has 0 heterocycles. The van der Waals surface area contributed by atoms with Crippen molar-refractivity contribution in [2.24, 2.45) is 0 Å². The van der Waals surface area contributed by atoms with E-state index in [4.69, 9.17) is 0 Å². The van der Waals surface area contributed by atoms with Crippen LogP contribution in [0.2, 0.25) is 0 Å². The van der Waals surface area contributed by atoms with E-state index in [2.05, 4.69) is 17.0 Å². The molecule has 4 nitrogen and oxygen atoms in total. The highest BCUT2D eigenvalue weighted by Gasteiger charge is 2.15. The molecule has 0 rings (SSSR count). The van der Waals surface area contributed by atoms with Crippen LogP contribution in [0.3, 0.4) is 0 Å². The molecule has 1 N–H and O–H groups in total. The highest BCUT2D eigenvalue weighted by atomic mass is 127. The molecular formula is C11H20INO3. The molecule has 5 heteroatoms. The lowest BCUT2D eigenvalue weighted by molar-refractivity contribution is -0.139. The topological polar surface area (TPSA) is 55.4 Å². The number of amides is 1. The third-order valence-electron chi connectivity index (χ3n) is 2.19. The van der Waals surface area contributed by atoms with E-state index in [-0.39, 0.29) is 15.8 Å². The van der Waals surface area contributed by atoms with Crippen molar-refractivity contribution < 1.29 is 14.3 Å². The normalized spacial score (nSPS) is 11.9. The molecule has 0 aliphatic carbocycles. The van der Waals surface area contributed by atoms with E-state index in [9.17, 15) is 9.59 Å². The fourth-order valence-corrected chi connectivity index (χ4v) is 1.69. The lowest BCUT2D eigenvalue weighted by atomic mass is 10.1. The Balaban J connectivity index is 3.53. The smallest absolute Gasteiger partial charge is 0.320 e. The van der Waals surface area contributed by atoms with Crippen molar-refractivity contribution in [2.45, 2.75) is 43.0 Å². The van der Waals surface area contributed by atoms with Crippen LogP contribution in [0, 0.1) is 0 Å². The van der Waals surface area contributed by atoms with Gasteiger partial charge in [-0.15, -0.1) is 0 Å². The quantitative estimate of drug-likeness (QED) is 0.318. The predicted molar refractivity (Wildman–Crippen MR) is 71.6 cm³/mol. The monoisotopic (exact) mass is 341 g/mol. The third-order valence-corrected chi connectivity index (χ3v) is 3.14. The average Bonchev–Trinajstić information content (AvgIpc) is 2.30. The Morgan fingerprint density at radius 3 is 2.56 bits per heavy atom. The summed E-state index contributed by atoms with van der Waals surface area (Å²) in [6.45, 7) is 2.48. The number of hydrogen-bond donors (Lipinski definition) is 1. The fourth-order valence-electron chi connectivity index (χ4n) is 1.22. The Bertz CT molecular complexity index is 221. The van der Waals surface area contributed by atoms with Gasteiger partial charge in [0.15, 0.2) is 0 Å². The van der Waals surface area contributed by atoms with Crippen molar-refractivity contribution in [1.82, 2.24) is 5.32 Å². The Morgan fingerprint density at radius 1 is 1.31 bits per heavy atom. The first-order valence-electron chi connectivity index (χ1n) is 5.60. The number of carbonyl (C=O) groups is 2. The van der Waals surface area contributed by atoms with Gasteiger partial charge in [-0.1, -0.05) is 48.8 Å². The summed E-state index contributed by atoms with van der Waals surface area (Å²) in [6.07, 6.45) is 4.90. The average molecular weight is 341 g/mol. The summed E-state index contributed by atoms with van der Waals surface area (Å²) in [5, 5.41) is 2.73. The van der Waals surface area contributed by atoms with Gasteiger partial charge < -0.3 is 10.1 Å². The minimum atomic E-state index is -0.304. The van der Waals surface area contributed by atoms with Gasteiger partial charge in [-0.25, -0.2) is 0 Å². The van der Waals surface area contributed by atoms with Crippen LogP contribution < -0.4 is 5.32 Å². The maximum atomic E-state index is 11.4. The number of carbonyl (C=O) groups excluding carboxylic acids is 2. The summed E-state index contributed by atoms with van der Waals surface area (Å²) in [4.78, 5) is 22.4. The molecule has 0 aromatic heterocycles. The lowest BCUT2D eigenvalue weighted by Gasteiger charge is -2.09. The molecule has 16 heavy (non-hydrogen) atoms. The second-order valence-electron chi connectivity index (χ2n) is 3.61. The Labute approximate surface area is 111 Å². The molecule has 1 amide bonds. The van der Waals surface area contributed by atoms with Gasteiger partial charge in [-0.05, 0) is 6.42 Å². The minimum Gasteiger partial charge on any atom is -0.468 e. The van der Waals surface area contributed by atoms with Crippen LogP contribution in [-0.2, 0) is 14.3 Å². The van der Waals surface area contributed by atoms with E-state index in [1.807, 2.05) is 22.6 Å². The first kappa shape index (κ1) is 15.7. The number of unbranched alkanes of at least 4 members (excludes halogenated alkanes) is 3. The standard InChI is InChI=1S/C11H20INO3/c1-3-4-5-6-7-10(14)13-8-9(12)11(15)16-2/h9H,3-8H2,1-2H3,(H,13,14). The molecule has 0 aromatic rings. The number of alkyl halides is 1. The molecule has 0 bridgehead atoms. The zero-order valence-corrected chi connectivity index (χ0v) is 12.1. The van der Waals surface area contributed by atoms with Gasteiger partial charge in [0.2, 0.25) is 5.91 Å². The van der Waals surface area contributed by atoms with Crippen LogP contribution in [0.25, 0.3) is 0 Å². The summed E-state index contributed by atoms with van der Waals surface area (Å²) in [6, 6.07) is 0. The van der Waals surface area contributed by atoms with Gasteiger partial charge in [0, 0.05) is 13.0 Å². The molecule has 0 aliphatic rings. The lowest BCUT2D eigenvalue weighted by Crippen LogP contribution is -2.33. The predicted octanol–water partition coefficient (Wildman–Crippen LogP) is 2.05. The van der Waals surface area contributed by atoms with Crippen LogP contribution in [-0.4, -0.2) is 29.5 Å². The van der Waals surface area contributed by atoms with Crippen molar-refractivity contribution in [1.29, 1.82) is 0 Å². The maximum Gasteiger partial charge on any atom is 0.320 e. The van der Waals surface area contributed by atoms with Gasteiger partial charge in [0.25, 0.3) is 0 Å². The molecule has 0 radical (unpaired) electrons. The number of hydrogen-bond acceptors (Lipinski definition) is 3. The molecule has 0 spiro atoms. The van der Waals surface area contributed by atoms with Crippen molar-refractivity contribution in [3.63, 3.8) is 0 Å². The van der Waals surface area contributed by atoms with Crippen LogP contribution >= 0.6 is 22.6 Å². The Hall–Kier alpha value is -0.330. The molecular weight excluding hydrogens is 321 g/mol. The van der Waals surface area contributed by atoms with Gasteiger partial charge in [0.05, 0.1) is 7.11 Å². The van der Waals surface area contributed by atoms with Crippen LogP contribution in [0.1, 0.15) is 39.0 Å². The second kappa shape index (κ2) is 9.86. The van der Waals surface area contributed by atoms with Gasteiger partial charge in [-0.2, -0.15) is 0 Å². The van der Waals surface area contributed by atoms with E-state index in [0.717, 1.165) is 12.8 Å². The SMILES string of the molecule is CCCCCCC(=O)NCC(I)C(=O)OC. The van der Waals surface area contributed by atoms with E-state index >= 15 is 0 Å². The number of methoxy groups -OCH3 is 1. The molecule has 0 aromatic carbocycles. The Morgan fingerprint density at radius 2 is 2.00 bits per heavy atom. The molecule has 0 saturated carbocycles. The second-order valence-corrected chi connectivity index (χ2v) is 5.11. The molecule has 94 valence electrons. The number of ether oxygens (including phenoxy) is 1. The van der Waals surface area contributed by atoms with Crippen LogP contribution in [0.5, 0.6) is 0 Å². The summed E-state index contributed by atoms with van der Waals surface area (Å²) in [5.41, 5.74) is 0. The third kappa shape index (κ3) is 7.90. The van der Waals surface area contributed by atoms with E-state index < -0.39 is 0 Å². The van der Waals surface area contributed by atoms with E-state index in [0.29, 0.717) is 13.0 Å². The van der Waals surface area contributed by atoms with E-state index in [1.165, 1.54) is 20.0 Å². The highest BCUT2D eigenvalue weighted by molar-refractivity contribution is 14.1. The van der Waals surface area contributed by atoms with Crippen molar-refractivity contribution in [3.8, 4) is 0 Å². The minimum absolute atomic E-state index is 0.0154. The largest absolute Gasteiger partial charge is 0.468 e. The summed E-state index contributed by atoms with van der Waals surface area (Å²) >= 11 is 1.96. The number of halogens is 1. The van der Waals surface area contributed by atoms with Crippen LogP contribution in [0.15, 0.2) is 0 Å². The van der Waals surface area contributed by atoms with E-state index in [1.54, 1.807) is 0 Å². The van der Waals surface area contributed by atoms with Gasteiger partial charge >= 0.3 is 5.97 Å². The van der Waals surface area contributed by atoms with Crippen molar-refractivity contribution in [3.05, 3.63) is 0 Å². The number of esters is 1. The maximum absolute atomic E-state index is 11.4. The number of rotatable bonds is 8.